The molecule has 16 heavy (non-hydrogen) atoms. The Kier molecular flexibility index (Phi) is 3.30. The van der Waals surface area contributed by atoms with Crippen LogP contribution in [-0.4, -0.2) is 5.11 Å². The molecule has 0 amide bonds. The Labute approximate surface area is 95.9 Å². The highest BCUT2D eigenvalue weighted by molar-refractivity contribution is 5.78. The minimum atomic E-state index is -0.0317. The van der Waals surface area contributed by atoms with Gasteiger partial charge in [-0.25, -0.2) is 0 Å². The van der Waals surface area contributed by atoms with E-state index in [0.717, 1.165) is 23.3 Å². The Morgan fingerprint density at radius 1 is 1.25 bits per heavy atom. The van der Waals surface area contributed by atoms with Crippen molar-refractivity contribution in [3.05, 3.63) is 35.6 Å². The van der Waals surface area contributed by atoms with Crippen molar-refractivity contribution < 1.29 is 9.52 Å². The van der Waals surface area contributed by atoms with Gasteiger partial charge in [0, 0.05) is 5.39 Å². The zero-order chi connectivity index (χ0) is 11.5. The Morgan fingerprint density at radius 3 is 2.75 bits per heavy atom. The quantitative estimate of drug-likeness (QED) is 0.851. The molecule has 2 nitrogen and oxygen atoms in total. The molecular weight excluding hydrogens is 200 g/mol. The molecule has 1 heterocycles. The van der Waals surface area contributed by atoms with Crippen LogP contribution in [0.1, 0.15) is 31.6 Å². The third kappa shape index (κ3) is 2.45. The van der Waals surface area contributed by atoms with Gasteiger partial charge in [-0.05, 0) is 36.5 Å². The number of aliphatic hydroxyl groups excluding tert-OH is 1. The van der Waals surface area contributed by atoms with Crippen molar-refractivity contribution in [2.75, 3.05) is 0 Å². The standard InChI is InChI=1S/C14H18O2/c1-10(2)3-4-11-5-6-12-8-13(9-15)16-14(12)7-11/h5-8,10,15H,3-4,9H2,1-2H3. The van der Waals surface area contributed by atoms with Gasteiger partial charge in [0.15, 0.2) is 0 Å². The monoisotopic (exact) mass is 218 g/mol. The fraction of sp³-hybridized carbons (Fsp3) is 0.429. The SMILES string of the molecule is CC(C)CCc1ccc2cc(CO)oc2c1. The highest BCUT2D eigenvalue weighted by Gasteiger charge is 2.04. The second-order valence-electron chi connectivity index (χ2n) is 4.68. The van der Waals surface area contributed by atoms with Crippen molar-refractivity contribution >= 4 is 11.0 Å². The van der Waals surface area contributed by atoms with Crippen molar-refractivity contribution in [2.45, 2.75) is 33.3 Å². The smallest absolute Gasteiger partial charge is 0.134 e. The maximum atomic E-state index is 8.99. The van der Waals surface area contributed by atoms with Crippen LogP contribution in [-0.2, 0) is 13.0 Å². The summed E-state index contributed by atoms with van der Waals surface area (Å²) < 4.78 is 5.51. The van der Waals surface area contributed by atoms with E-state index in [1.54, 1.807) is 0 Å². The Bertz CT molecular complexity index is 469. The third-order valence-corrected chi connectivity index (χ3v) is 2.80. The first-order valence-electron chi connectivity index (χ1n) is 5.81. The van der Waals surface area contributed by atoms with Crippen molar-refractivity contribution in [2.24, 2.45) is 5.92 Å². The summed E-state index contributed by atoms with van der Waals surface area (Å²) in [5, 5.41) is 10.1. The van der Waals surface area contributed by atoms with Gasteiger partial charge in [-0.1, -0.05) is 26.0 Å². The fourth-order valence-corrected chi connectivity index (χ4v) is 1.82. The second kappa shape index (κ2) is 4.71. The lowest BCUT2D eigenvalue weighted by molar-refractivity contribution is 0.251. The van der Waals surface area contributed by atoms with E-state index in [-0.39, 0.29) is 6.61 Å². The summed E-state index contributed by atoms with van der Waals surface area (Å²) in [6, 6.07) is 8.17. The summed E-state index contributed by atoms with van der Waals surface area (Å²) in [5.41, 5.74) is 2.19. The van der Waals surface area contributed by atoms with Gasteiger partial charge in [0.05, 0.1) is 0 Å². The third-order valence-electron chi connectivity index (χ3n) is 2.80. The van der Waals surface area contributed by atoms with Crippen molar-refractivity contribution in [1.29, 1.82) is 0 Å². The number of hydrogen-bond acceptors (Lipinski definition) is 2. The first-order valence-corrected chi connectivity index (χ1v) is 5.81. The number of aryl methyl sites for hydroxylation is 1. The number of hydrogen-bond donors (Lipinski definition) is 1. The van der Waals surface area contributed by atoms with Crippen LogP contribution >= 0.6 is 0 Å². The molecule has 0 aliphatic rings. The molecule has 0 aliphatic heterocycles. The van der Waals surface area contributed by atoms with Gasteiger partial charge in [0.1, 0.15) is 18.0 Å². The summed E-state index contributed by atoms with van der Waals surface area (Å²) in [5.74, 6) is 1.36. The van der Waals surface area contributed by atoms with E-state index in [0.29, 0.717) is 5.76 Å². The van der Waals surface area contributed by atoms with Gasteiger partial charge in [0.2, 0.25) is 0 Å². The van der Waals surface area contributed by atoms with Crippen LogP contribution in [0.15, 0.2) is 28.7 Å². The van der Waals surface area contributed by atoms with Crippen molar-refractivity contribution in [3.63, 3.8) is 0 Å². The molecule has 86 valence electrons. The molecule has 1 aromatic heterocycles. The van der Waals surface area contributed by atoms with E-state index in [1.165, 1.54) is 12.0 Å². The zero-order valence-electron chi connectivity index (χ0n) is 9.86. The topological polar surface area (TPSA) is 33.4 Å². The predicted octanol–water partition coefficient (Wildman–Crippen LogP) is 3.51. The van der Waals surface area contributed by atoms with Gasteiger partial charge in [0.25, 0.3) is 0 Å². The number of aliphatic hydroxyl groups is 1. The summed E-state index contributed by atoms with van der Waals surface area (Å²) >= 11 is 0. The summed E-state index contributed by atoms with van der Waals surface area (Å²) in [6.45, 7) is 4.43. The van der Waals surface area contributed by atoms with E-state index < -0.39 is 0 Å². The lowest BCUT2D eigenvalue weighted by Crippen LogP contribution is -1.91. The molecule has 0 radical (unpaired) electrons. The molecule has 0 bridgehead atoms. The average molecular weight is 218 g/mol. The summed E-state index contributed by atoms with van der Waals surface area (Å²) in [7, 11) is 0. The number of fused-ring (bicyclic) bond motifs is 1. The first kappa shape index (κ1) is 11.2. The maximum absolute atomic E-state index is 8.99. The fourth-order valence-electron chi connectivity index (χ4n) is 1.82. The van der Waals surface area contributed by atoms with Crippen LogP contribution in [0.5, 0.6) is 0 Å². The molecule has 1 aromatic carbocycles. The molecule has 1 N–H and O–H groups in total. The molecule has 0 aliphatic carbocycles. The zero-order valence-corrected chi connectivity index (χ0v) is 9.86. The molecule has 0 unspecified atom stereocenters. The number of rotatable bonds is 4. The molecule has 0 saturated heterocycles. The van der Waals surface area contributed by atoms with Gasteiger partial charge >= 0.3 is 0 Å². The highest BCUT2D eigenvalue weighted by Crippen LogP contribution is 2.22. The highest BCUT2D eigenvalue weighted by atomic mass is 16.4. The van der Waals surface area contributed by atoms with Gasteiger partial charge in [-0.2, -0.15) is 0 Å². The molecule has 0 saturated carbocycles. The molecule has 0 spiro atoms. The molecule has 2 aromatic rings. The van der Waals surface area contributed by atoms with E-state index in [2.05, 4.69) is 32.0 Å². The number of benzene rings is 1. The van der Waals surface area contributed by atoms with Gasteiger partial charge in [-0.15, -0.1) is 0 Å². The van der Waals surface area contributed by atoms with Gasteiger partial charge < -0.3 is 9.52 Å². The van der Waals surface area contributed by atoms with Crippen LogP contribution in [0.25, 0.3) is 11.0 Å². The second-order valence-corrected chi connectivity index (χ2v) is 4.68. The van der Waals surface area contributed by atoms with Crippen LogP contribution in [0.3, 0.4) is 0 Å². The van der Waals surface area contributed by atoms with Crippen LogP contribution in [0.4, 0.5) is 0 Å². The molecule has 2 rings (SSSR count). The first-order chi connectivity index (χ1) is 7.69. The largest absolute Gasteiger partial charge is 0.459 e. The molecule has 0 fully saturated rings. The van der Waals surface area contributed by atoms with Gasteiger partial charge in [-0.3, -0.25) is 0 Å². The van der Waals surface area contributed by atoms with E-state index in [1.807, 2.05) is 6.07 Å². The predicted molar refractivity (Wildman–Crippen MR) is 65.3 cm³/mol. The Balaban J connectivity index is 2.22. The maximum Gasteiger partial charge on any atom is 0.134 e. The van der Waals surface area contributed by atoms with Crippen LogP contribution < -0.4 is 0 Å². The molecular formula is C14H18O2. The normalized spacial score (nSPS) is 11.5. The van der Waals surface area contributed by atoms with Crippen molar-refractivity contribution in [1.82, 2.24) is 0 Å². The Hall–Kier alpha value is -1.28. The van der Waals surface area contributed by atoms with E-state index >= 15 is 0 Å². The molecule has 0 atom stereocenters. The lowest BCUT2D eigenvalue weighted by atomic mass is 10.0. The van der Waals surface area contributed by atoms with Crippen LogP contribution in [0.2, 0.25) is 0 Å². The summed E-state index contributed by atoms with van der Waals surface area (Å²) in [4.78, 5) is 0. The molecule has 2 heteroatoms. The van der Waals surface area contributed by atoms with Crippen molar-refractivity contribution in [3.8, 4) is 0 Å². The average Bonchev–Trinajstić information content (AvgIpc) is 2.68. The summed E-state index contributed by atoms with van der Waals surface area (Å²) in [6.07, 6.45) is 2.28. The minimum Gasteiger partial charge on any atom is -0.459 e. The minimum absolute atomic E-state index is 0.0317. The van der Waals surface area contributed by atoms with E-state index in [4.69, 9.17) is 9.52 Å². The lowest BCUT2D eigenvalue weighted by Gasteiger charge is -2.04. The Morgan fingerprint density at radius 2 is 2.06 bits per heavy atom. The van der Waals surface area contributed by atoms with E-state index in [9.17, 15) is 0 Å². The number of furan rings is 1. The van der Waals surface area contributed by atoms with Crippen LogP contribution in [0, 0.1) is 5.92 Å².